The number of sulfone groups is 1. The van der Waals surface area contributed by atoms with Crippen LogP contribution in [0.2, 0.25) is 0 Å². The van der Waals surface area contributed by atoms with Crippen molar-refractivity contribution < 1.29 is 23.0 Å². The van der Waals surface area contributed by atoms with Gasteiger partial charge in [-0.05, 0) is 44.4 Å². The molecular weight excluding hydrogens is 356 g/mol. The first-order chi connectivity index (χ1) is 12.3. The summed E-state index contributed by atoms with van der Waals surface area (Å²) < 4.78 is 38.0. The molecule has 0 radical (unpaired) electrons. The zero-order chi connectivity index (χ0) is 18.9. The number of aromatic nitrogens is 2. The number of nitrogens with zero attached hydrogens (tertiary/aromatic N) is 2. The van der Waals surface area contributed by atoms with Crippen molar-refractivity contribution in [2.45, 2.75) is 49.2 Å². The summed E-state index contributed by atoms with van der Waals surface area (Å²) >= 11 is 0. The molecule has 26 heavy (non-hydrogen) atoms. The van der Waals surface area contributed by atoms with E-state index in [1.54, 1.807) is 25.1 Å². The predicted octanol–water partition coefficient (Wildman–Crippen LogP) is 2.59. The Morgan fingerprint density at radius 2 is 2.19 bits per heavy atom. The molecule has 7 nitrogen and oxygen atoms in total. The van der Waals surface area contributed by atoms with E-state index in [0.29, 0.717) is 23.6 Å². The van der Waals surface area contributed by atoms with Crippen molar-refractivity contribution in [3.05, 3.63) is 41.6 Å². The van der Waals surface area contributed by atoms with Crippen molar-refractivity contribution in [1.82, 2.24) is 9.78 Å². The molecule has 1 aromatic carbocycles. The molecule has 2 aromatic rings. The van der Waals surface area contributed by atoms with Gasteiger partial charge in [-0.3, -0.25) is 0 Å². The SMILES string of the molecule is COCn1nc(O)cc1C1CC(C)(S(=O)(=O)c2cccc(C)c2)CCO1. The molecule has 142 valence electrons. The molecular formula is C18H24N2O5S. The van der Waals surface area contributed by atoms with Crippen molar-refractivity contribution in [2.75, 3.05) is 13.7 Å². The van der Waals surface area contributed by atoms with Crippen LogP contribution >= 0.6 is 0 Å². The van der Waals surface area contributed by atoms with Crippen molar-refractivity contribution in [2.24, 2.45) is 0 Å². The Kier molecular flexibility index (Phi) is 5.09. The van der Waals surface area contributed by atoms with Crippen LogP contribution in [0, 0.1) is 6.92 Å². The summed E-state index contributed by atoms with van der Waals surface area (Å²) in [4.78, 5) is 0.328. The smallest absolute Gasteiger partial charge is 0.230 e. The van der Waals surface area contributed by atoms with Gasteiger partial charge in [0, 0.05) is 19.8 Å². The van der Waals surface area contributed by atoms with Crippen molar-refractivity contribution in [3.63, 3.8) is 0 Å². The first-order valence-electron chi connectivity index (χ1n) is 8.45. The summed E-state index contributed by atoms with van der Waals surface area (Å²) in [5, 5.41) is 13.7. The van der Waals surface area contributed by atoms with Crippen LogP contribution in [-0.2, 0) is 26.0 Å². The highest BCUT2D eigenvalue weighted by atomic mass is 32.2. The summed E-state index contributed by atoms with van der Waals surface area (Å²) in [7, 11) is -2.02. The maximum Gasteiger partial charge on any atom is 0.230 e. The third-order valence-corrected chi connectivity index (χ3v) is 7.44. The second-order valence-electron chi connectivity index (χ2n) is 6.93. The van der Waals surface area contributed by atoms with Gasteiger partial charge >= 0.3 is 0 Å². The number of methoxy groups -OCH3 is 1. The fraction of sp³-hybridized carbons (Fsp3) is 0.500. The highest BCUT2D eigenvalue weighted by Gasteiger charge is 2.45. The minimum absolute atomic E-state index is 0.144. The summed E-state index contributed by atoms with van der Waals surface area (Å²) in [5.41, 5.74) is 1.51. The van der Waals surface area contributed by atoms with Crippen molar-refractivity contribution in [1.29, 1.82) is 0 Å². The van der Waals surface area contributed by atoms with Crippen LogP contribution < -0.4 is 0 Å². The number of rotatable bonds is 5. The normalized spacial score (nSPS) is 23.9. The average molecular weight is 380 g/mol. The molecule has 1 aliphatic rings. The van der Waals surface area contributed by atoms with E-state index in [1.165, 1.54) is 17.9 Å². The molecule has 1 aromatic heterocycles. The van der Waals surface area contributed by atoms with E-state index >= 15 is 0 Å². The minimum Gasteiger partial charge on any atom is -0.492 e. The molecule has 2 unspecified atom stereocenters. The van der Waals surface area contributed by atoms with Gasteiger partial charge in [0.2, 0.25) is 5.88 Å². The highest BCUT2D eigenvalue weighted by molar-refractivity contribution is 7.92. The molecule has 0 bridgehead atoms. The largest absolute Gasteiger partial charge is 0.492 e. The van der Waals surface area contributed by atoms with Gasteiger partial charge in [-0.2, -0.15) is 0 Å². The standard InChI is InChI=1S/C18H24N2O5S/c1-13-5-4-6-14(9-13)26(22,23)18(2)7-8-25-16(11-18)15-10-17(21)19-20(15)12-24-3/h4-6,9-10,16H,7-8,11-12H2,1-3H3,(H,19,21). The molecule has 1 N–H and O–H groups in total. The van der Waals surface area contributed by atoms with Gasteiger partial charge < -0.3 is 14.6 Å². The number of aromatic hydroxyl groups is 1. The monoisotopic (exact) mass is 380 g/mol. The van der Waals surface area contributed by atoms with Crippen LogP contribution in [0.4, 0.5) is 0 Å². The van der Waals surface area contributed by atoms with Crippen LogP contribution in [0.3, 0.4) is 0 Å². The number of hydrogen-bond acceptors (Lipinski definition) is 6. The lowest BCUT2D eigenvalue weighted by Crippen LogP contribution is -2.42. The topological polar surface area (TPSA) is 90.6 Å². The van der Waals surface area contributed by atoms with Crippen LogP contribution in [0.1, 0.15) is 37.1 Å². The fourth-order valence-corrected chi connectivity index (χ4v) is 5.26. The van der Waals surface area contributed by atoms with E-state index in [9.17, 15) is 13.5 Å². The molecule has 0 spiro atoms. The van der Waals surface area contributed by atoms with Gasteiger partial charge in [0.05, 0.1) is 15.3 Å². The van der Waals surface area contributed by atoms with Crippen LogP contribution in [0.15, 0.2) is 35.2 Å². The summed E-state index contributed by atoms with van der Waals surface area (Å²) in [6.45, 7) is 4.10. The number of benzene rings is 1. The van der Waals surface area contributed by atoms with Gasteiger partial charge in [-0.1, -0.05) is 12.1 Å². The Balaban J connectivity index is 1.94. The maximum atomic E-state index is 13.3. The van der Waals surface area contributed by atoms with Gasteiger partial charge in [0.25, 0.3) is 0 Å². The van der Waals surface area contributed by atoms with E-state index in [4.69, 9.17) is 9.47 Å². The lowest BCUT2D eigenvalue weighted by Gasteiger charge is -2.37. The molecule has 0 saturated carbocycles. The Hall–Kier alpha value is -1.90. The lowest BCUT2D eigenvalue weighted by atomic mass is 9.95. The molecule has 0 amide bonds. The quantitative estimate of drug-likeness (QED) is 0.857. The van der Waals surface area contributed by atoms with Gasteiger partial charge in [-0.25, -0.2) is 13.1 Å². The Labute approximate surface area is 153 Å². The molecule has 2 atom stereocenters. The average Bonchev–Trinajstić information content (AvgIpc) is 2.96. The summed E-state index contributed by atoms with van der Waals surface area (Å²) in [6.07, 6.45) is 0.194. The number of aryl methyl sites for hydroxylation is 1. The molecule has 3 rings (SSSR count). The first kappa shape index (κ1) is 18.9. The number of hydrogen-bond donors (Lipinski definition) is 1. The zero-order valence-corrected chi connectivity index (χ0v) is 16.0. The zero-order valence-electron chi connectivity index (χ0n) is 15.2. The summed E-state index contributed by atoms with van der Waals surface area (Å²) in [5.74, 6) is -0.144. The van der Waals surface area contributed by atoms with Crippen molar-refractivity contribution >= 4 is 9.84 Å². The van der Waals surface area contributed by atoms with Crippen molar-refractivity contribution in [3.8, 4) is 5.88 Å². The van der Waals surface area contributed by atoms with Crippen LogP contribution in [0.5, 0.6) is 5.88 Å². The van der Waals surface area contributed by atoms with E-state index in [0.717, 1.165) is 5.56 Å². The molecule has 1 saturated heterocycles. The fourth-order valence-electron chi connectivity index (χ4n) is 3.37. The van der Waals surface area contributed by atoms with E-state index in [-0.39, 0.29) is 19.0 Å². The second-order valence-corrected chi connectivity index (χ2v) is 9.39. The van der Waals surface area contributed by atoms with Crippen LogP contribution in [-0.4, -0.2) is 41.8 Å². The van der Waals surface area contributed by atoms with Crippen LogP contribution in [0.25, 0.3) is 0 Å². The maximum absolute atomic E-state index is 13.3. The molecule has 8 heteroatoms. The van der Waals surface area contributed by atoms with Gasteiger partial charge in [0.1, 0.15) is 12.8 Å². The second kappa shape index (κ2) is 7.02. The Morgan fingerprint density at radius 3 is 2.88 bits per heavy atom. The van der Waals surface area contributed by atoms with E-state index in [2.05, 4.69) is 5.10 Å². The van der Waals surface area contributed by atoms with Gasteiger partial charge in [-0.15, -0.1) is 5.10 Å². The molecule has 1 aliphatic heterocycles. The first-order valence-corrected chi connectivity index (χ1v) is 9.94. The van der Waals surface area contributed by atoms with E-state index in [1.807, 2.05) is 13.0 Å². The van der Waals surface area contributed by atoms with Gasteiger partial charge in [0.15, 0.2) is 9.84 Å². The third-order valence-electron chi connectivity index (χ3n) is 4.90. The highest BCUT2D eigenvalue weighted by Crippen LogP contribution is 2.42. The molecule has 2 heterocycles. The summed E-state index contributed by atoms with van der Waals surface area (Å²) in [6, 6.07) is 8.47. The third kappa shape index (κ3) is 3.36. The number of ether oxygens (including phenoxy) is 2. The molecule has 0 aliphatic carbocycles. The Bertz CT molecular complexity index is 893. The lowest BCUT2D eigenvalue weighted by molar-refractivity contribution is -0.00919. The minimum atomic E-state index is -3.55. The Morgan fingerprint density at radius 1 is 1.42 bits per heavy atom. The van der Waals surface area contributed by atoms with E-state index < -0.39 is 20.7 Å². The predicted molar refractivity (Wildman–Crippen MR) is 95.6 cm³/mol. The molecule has 1 fully saturated rings.